The predicted octanol–water partition coefficient (Wildman–Crippen LogP) is 1.59. The van der Waals surface area contributed by atoms with Gasteiger partial charge in [0.2, 0.25) is 30.0 Å². The Morgan fingerprint density at radius 1 is 0.660 bits per heavy atom. The predicted molar refractivity (Wildman–Crippen MR) is 185 cm³/mol. The van der Waals surface area contributed by atoms with Crippen molar-refractivity contribution in [1.29, 1.82) is 0 Å². The molecular formula is C37H45N5O8. The van der Waals surface area contributed by atoms with Crippen molar-refractivity contribution in [3.63, 3.8) is 0 Å². The summed E-state index contributed by atoms with van der Waals surface area (Å²) in [6.45, 7) is 3.27. The Bertz CT molecular complexity index is 1550. The Morgan fingerprint density at radius 2 is 1.24 bits per heavy atom. The van der Waals surface area contributed by atoms with Gasteiger partial charge in [-0.15, -0.1) is 0 Å². The van der Waals surface area contributed by atoms with Crippen LogP contribution in [0.15, 0.2) is 84.9 Å². The highest BCUT2D eigenvalue weighted by Crippen LogP contribution is 2.16. The molecule has 0 unspecified atom stereocenters. The van der Waals surface area contributed by atoms with Gasteiger partial charge < -0.3 is 36.1 Å². The van der Waals surface area contributed by atoms with E-state index in [1.165, 1.54) is 7.11 Å². The highest BCUT2D eigenvalue weighted by molar-refractivity contribution is 5.93. The van der Waals surface area contributed by atoms with Crippen molar-refractivity contribution in [2.75, 3.05) is 20.2 Å². The molecule has 3 aromatic carbocycles. The number of hydrogen-bond donors (Lipinski definition) is 5. The Kier molecular flexibility index (Phi) is 16.0. The van der Waals surface area contributed by atoms with E-state index in [1.54, 1.807) is 48.5 Å². The molecule has 0 aliphatic rings. The van der Waals surface area contributed by atoms with Gasteiger partial charge in [0.25, 0.3) is 0 Å². The first-order chi connectivity index (χ1) is 24.1. The van der Waals surface area contributed by atoms with Gasteiger partial charge >= 0.3 is 5.97 Å². The fourth-order valence-corrected chi connectivity index (χ4v) is 4.94. The molecule has 13 nitrogen and oxygen atoms in total. The number of rotatable bonds is 20. The van der Waals surface area contributed by atoms with E-state index in [0.717, 1.165) is 16.7 Å². The maximum atomic E-state index is 13.3. The summed E-state index contributed by atoms with van der Waals surface area (Å²) in [7, 11) is 1.23. The number of ether oxygens (including phenoxy) is 2. The lowest BCUT2D eigenvalue weighted by molar-refractivity contribution is -0.145. The Labute approximate surface area is 291 Å². The lowest BCUT2D eigenvalue weighted by atomic mass is 10.0. The van der Waals surface area contributed by atoms with Crippen molar-refractivity contribution in [3.05, 3.63) is 102 Å². The molecule has 0 saturated heterocycles. The molecule has 0 heterocycles. The first kappa shape index (κ1) is 38.7. The first-order valence-electron chi connectivity index (χ1n) is 16.3. The monoisotopic (exact) mass is 687 g/mol. The van der Waals surface area contributed by atoms with Crippen molar-refractivity contribution in [3.8, 4) is 5.75 Å². The lowest BCUT2D eigenvalue weighted by Gasteiger charge is -2.23. The summed E-state index contributed by atoms with van der Waals surface area (Å²) in [6, 6.07) is 22.9. The third-order valence-electron chi connectivity index (χ3n) is 7.51. The van der Waals surface area contributed by atoms with Crippen LogP contribution in [-0.2, 0) is 53.0 Å². The summed E-state index contributed by atoms with van der Waals surface area (Å²) in [4.78, 5) is 74.9. The van der Waals surface area contributed by atoms with Gasteiger partial charge in [-0.3, -0.25) is 24.0 Å². The molecule has 5 N–H and O–H groups in total. The third kappa shape index (κ3) is 13.8. The number of esters is 1. The highest BCUT2D eigenvalue weighted by atomic mass is 16.5. The molecule has 0 aromatic heterocycles. The van der Waals surface area contributed by atoms with Crippen LogP contribution in [0, 0.1) is 5.92 Å². The molecule has 3 rings (SSSR count). The van der Waals surface area contributed by atoms with E-state index in [0.29, 0.717) is 25.2 Å². The normalized spacial score (nSPS) is 12.4. The van der Waals surface area contributed by atoms with Crippen LogP contribution in [0.1, 0.15) is 37.0 Å². The second-order valence-electron chi connectivity index (χ2n) is 12.0. The van der Waals surface area contributed by atoms with E-state index in [-0.39, 0.29) is 18.8 Å². The summed E-state index contributed by atoms with van der Waals surface area (Å²) in [5.74, 6) is -2.37. The van der Waals surface area contributed by atoms with Crippen molar-refractivity contribution >= 4 is 36.0 Å². The zero-order valence-electron chi connectivity index (χ0n) is 28.5. The van der Waals surface area contributed by atoms with Crippen molar-refractivity contribution in [2.45, 2.75) is 57.8 Å². The maximum absolute atomic E-state index is 13.3. The number of amides is 5. The molecule has 0 aliphatic carbocycles. The van der Waals surface area contributed by atoms with Crippen LogP contribution >= 0.6 is 0 Å². The average molecular weight is 688 g/mol. The third-order valence-corrected chi connectivity index (χ3v) is 7.51. The largest absolute Gasteiger partial charge is 0.489 e. The molecule has 0 saturated carbocycles. The second kappa shape index (κ2) is 20.6. The van der Waals surface area contributed by atoms with Crippen LogP contribution in [0.4, 0.5) is 0 Å². The van der Waals surface area contributed by atoms with E-state index < -0.39 is 60.8 Å². The molecule has 50 heavy (non-hydrogen) atoms. The van der Waals surface area contributed by atoms with Gasteiger partial charge in [0, 0.05) is 12.8 Å². The quantitative estimate of drug-likeness (QED) is 0.0877. The number of hydrogen-bond acceptors (Lipinski definition) is 8. The first-order valence-corrected chi connectivity index (χ1v) is 16.3. The van der Waals surface area contributed by atoms with Gasteiger partial charge in [-0.2, -0.15) is 0 Å². The number of carbonyl (C=O) groups is 6. The number of nitrogens with one attached hydrogen (secondary N) is 5. The van der Waals surface area contributed by atoms with E-state index >= 15 is 0 Å². The summed E-state index contributed by atoms with van der Waals surface area (Å²) in [5.41, 5.74) is 2.54. The van der Waals surface area contributed by atoms with Crippen LogP contribution in [0.25, 0.3) is 0 Å². The van der Waals surface area contributed by atoms with Crippen LogP contribution in [0.2, 0.25) is 0 Å². The Balaban J connectivity index is 1.50. The van der Waals surface area contributed by atoms with Crippen LogP contribution in [-0.4, -0.2) is 74.3 Å². The summed E-state index contributed by atoms with van der Waals surface area (Å²) in [5, 5.41) is 12.6. The van der Waals surface area contributed by atoms with E-state index in [2.05, 4.69) is 26.6 Å². The van der Waals surface area contributed by atoms with Gasteiger partial charge in [-0.05, 0) is 41.2 Å². The molecule has 266 valence electrons. The van der Waals surface area contributed by atoms with Crippen LogP contribution in [0.3, 0.4) is 0 Å². The van der Waals surface area contributed by atoms with Gasteiger partial charge in [-0.1, -0.05) is 86.6 Å². The molecule has 3 aromatic rings. The fraction of sp³-hybridized carbons (Fsp3) is 0.351. The topological polar surface area (TPSA) is 181 Å². The van der Waals surface area contributed by atoms with Crippen molar-refractivity contribution < 1.29 is 38.2 Å². The zero-order valence-corrected chi connectivity index (χ0v) is 28.5. The van der Waals surface area contributed by atoms with Crippen molar-refractivity contribution in [2.24, 2.45) is 5.92 Å². The summed E-state index contributed by atoms with van der Waals surface area (Å²) >= 11 is 0. The molecule has 0 radical (unpaired) electrons. The molecule has 5 amide bonds. The number of carbonyl (C=O) groups excluding carboxylic acids is 6. The smallest absolute Gasteiger partial charge is 0.328 e. The lowest BCUT2D eigenvalue weighted by Crippen LogP contribution is -2.54. The minimum Gasteiger partial charge on any atom is -0.489 e. The van der Waals surface area contributed by atoms with Gasteiger partial charge in [0.05, 0.1) is 20.2 Å². The Hall–Kier alpha value is -5.72. The Morgan fingerprint density at radius 3 is 1.84 bits per heavy atom. The number of benzene rings is 3. The summed E-state index contributed by atoms with van der Waals surface area (Å²) in [6.07, 6.45) is 1.04. The van der Waals surface area contributed by atoms with Gasteiger partial charge in [-0.25, -0.2) is 4.79 Å². The van der Waals surface area contributed by atoms with Crippen molar-refractivity contribution in [1.82, 2.24) is 26.6 Å². The van der Waals surface area contributed by atoms with E-state index in [1.807, 2.05) is 50.2 Å². The maximum Gasteiger partial charge on any atom is 0.328 e. The van der Waals surface area contributed by atoms with Crippen LogP contribution in [0.5, 0.6) is 5.75 Å². The van der Waals surface area contributed by atoms with Gasteiger partial charge in [0.15, 0.2) is 0 Å². The SMILES string of the molecule is COC(=O)[C@H](CC(C)C)NC(=O)[C@H](Cc1ccccc1)NC(=O)CNC(=O)CNC(=O)[C@H](Cc1ccc(OCc2ccccc2)cc1)NC=O. The molecular weight excluding hydrogens is 642 g/mol. The molecule has 0 spiro atoms. The molecule has 0 fully saturated rings. The molecule has 3 atom stereocenters. The second-order valence-corrected chi connectivity index (χ2v) is 12.0. The molecule has 0 aliphatic heterocycles. The average Bonchev–Trinajstić information content (AvgIpc) is 3.12. The molecule has 0 bridgehead atoms. The standard InChI is InChI=1S/C37H45N5O8/c1-25(2)18-32(37(48)49-3)42-36(47)31(20-26-10-6-4-7-11-26)41-34(45)22-38-33(44)21-39-35(46)30(40-24-43)19-27-14-16-29(17-15-27)50-23-28-12-8-5-9-13-28/h4-17,24-25,30-32H,18-23H2,1-3H3,(H,38,44)(H,39,46)(H,40,43)(H,41,45)(H,42,47)/t30-,31-,32-/m0/s1. The molecule has 13 heteroatoms. The van der Waals surface area contributed by atoms with E-state index in [4.69, 9.17) is 9.47 Å². The summed E-state index contributed by atoms with van der Waals surface area (Å²) < 4.78 is 10.6. The fourth-order valence-electron chi connectivity index (χ4n) is 4.94. The zero-order chi connectivity index (χ0) is 36.3. The number of methoxy groups -OCH3 is 1. The highest BCUT2D eigenvalue weighted by Gasteiger charge is 2.28. The minimum atomic E-state index is -1.06. The minimum absolute atomic E-state index is 0.0822. The van der Waals surface area contributed by atoms with E-state index in [9.17, 15) is 28.8 Å². The van der Waals surface area contributed by atoms with Crippen LogP contribution < -0.4 is 31.3 Å². The van der Waals surface area contributed by atoms with Gasteiger partial charge in [0.1, 0.15) is 30.5 Å².